The van der Waals surface area contributed by atoms with Crippen molar-refractivity contribution in [3.8, 4) is 11.6 Å². The second-order valence-electron chi connectivity index (χ2n) is 5.61. The number of carbonyl (C=O) groups excluding carboxylic acids is 1. The van der Waals surface area contributed by atoms with Crippen molar-refractivity contribution in [2.75, 3.05) is 0 Å². The molecule has 0 saturated carbocycles. The number of H-pyrrole nitrogens is 1. The van der Waals surface area contributed by atoms with Gasteiger partial charge in [0.15, 0.2) is 5.82 Å². The van der Waals surface area contributed by atoms with Crippen molar-refractivity contribution < 1.29 is 9.32 Å². The minimum absolute atomic E-state index is 0.00180. The highest BCUT2D eigenvalue weighted by molar-refractivity contribution is 6.36. The second-order valence-corrected chi connectivity index (χ2v) is 6.45. The molecule has 0 fully saturated rings. The molecule has 2 aromatic heterocycles. The van der Waals surface area contributed by atoms with E-state index in [-0.39, 0.29) is 28.6 Å². The summed E-state index contributed by atoms with van der Waals surface area (Å²) in [7, 11) is 0. The molecule has 0 saturated heterocycles. The molecule has 8 nitrogen and oxygen atoms in total. The molecule has 3 aromatic rings. The van der Waals surface area contributed by atoms with Gasteiger partial charge in [-0.2, -0.15) is 10.1 Å². The smallest absolute Gasteiger partial charge is 0.253 e. The van der Waals surface area contributed by atoms with Gasteiger partial charge in [-0.3, -0.25) is 9.89 Å². The fraction of sp³-hybridized carbons (Fsp3) is 0.267. The van der Waals surface area contributed by atoms with Crippen LogP contribution in [-0.2, 0) is 0 Å². The summed E-state index contributed by atoms with van der Waals surface area (Å²) in [6, 6.07) is 4.17. The first-order chi connectivity index (χ1) is 12.0. The largest absolute Gasteiger partial charge is 0.340 e. The van der Waals surface area contributed by atoms with Gasteiger partial charge in [-0.15, -0.1) is 0 Å². The highest BCUT2D eigenvalue weighted by Crippen LogP contribution is 2.25. The maximum Gasteiger partial charge on any atom is 0.253 e. The average molecular weight is 381 g/mol. The molecule has 3 rings (SSSR count). The van der Waals surface area contributed by atoms with Crippen LogP contribution in [0.4, 0.5) is 0 Å². The number of halogens is 2. The molecule has 0 bridgehead atoms. The molecule has 0 aliphatic rings. The van der Waals surface area contributed by atoms with Gasteiger partial charge < -0.3 is 9.84 Å². The minimum atomic E-state index is -0.497. The van der Waals surface area contributed by atoms with Gasteiger partial charge in [-0.1, -0.05) is 42.2 Å². The Morgan fingerprint density at radius 2 is 2.12 bits per heavy atom. The predicted octanol–water partition coefficient (Wildman–Crippen LogP) is 3.29. The summed E-state index contributed by atoms with van der Waals surface area (Å²) in [6.45, 7) is 3.85. The van der Waals surface area contributed by atoms with Crippen LogP contribution in [0.1, 0.15) is 36.1 Å². The van der Waals surface area contributed by atoms with Crippen LogP contribution in [0.15, 0.2) is 29.0 Å². The molecule has 1 aromatic carbocycles. The number of hydrogen-bond acceptors (Lipinski definition) is 6. The first-order valence-electron chi connectivity index (χ1n) is 7.41. The summed E-state index contributed by atoms with van der Waals surface area (Å²) in [6.07, 6.45) is 1.34. The topological polar surface area (TPSA) is 110 Å². The van der Waals surface area contributed by atoms with Gasteiger partial charge in [0.1, 0.15) is 12.4 Å². The Balaban J connectivity index is 1.83. The standard InChI is InChI=1S/C15H14Cl2N6O2/c1-7(2)11(15-21-13(23-25-15)12-18-6-19-22-12)20-14(24)9-4-3-8(16)5-10(9)17/h3-7,11H,1-2H3,(H,20,24)(H,18,19,22)/t11-/m0/s1. The predicted molar refractivity (Wildman–Crippen MR) is 91.2 cm³/mol. The average Bonchev–Trinajstić information content (AvgIpc) is 3.23. The normalized spacial score (nSPS) is 12.4. The lowest BCUT2D eigenvalue weighted by molar-refractivity contribution is 0.0914. The zero-order chi connectivity index (χ0) is 18.0. The van der Waals surface area contributed by atoms with E-state index < -0.39 is 6.04 Å². The van der Waals surface area contributed by atoms with Crippen molar-refractivity contribution in [3.63, 3.8) is 0 Å². The zero-order valence-electron chi connectivity index (χ0n) is 13.3. The molecule has 1 atom stereocenters. The molecular formula is C15H14Cl2N6O2. The van der Waals surface area contributed by atoms with Gasteiger partial charge >= 0.3 is 0 Å². The Kier molecular flexibility index (Phi) is 5.00. The number of rotatable bonds is 5. The number of aromatic amines is 1. The number of amides is 1. The Bertz CT molecular complexity index is 878. The summed E-state index contributed by atoms with van der Waals surface area (Å²) < 4.78 is 5.28. The summed E-state index contributed by atoms with van der Waals surface area (Å²) >= 11 is 12.0. The third-order valence-corrected chi connectivity index (χ3v) is 4.01. The van der Waals surface area contributed by atoms with E-state index >= 15 is 0 Å². The van der Waals surface area contributed by atoms with Crippen LogP contribution >= 0.6 is 23.2 Å². The summed E-state index contributed by atoms with van der Waals surface area (Å²) in [5.74, 6) is 0.541. The van der Waals surface area contributed by atoms with E-state index in [0.29, 0.717) is 16.4 Å². The summed E-state index contributed by atoms with van der Waals surface area (Å²) in [4.78, 5) is 20.8. The Morgan fingerprint density at radius 1 is 1.32 bits per heavy atom. The molecule has 0 radical (unpaired) electrons. The van der Waals surface area contributed by atoms with E-state index in [0.717, 1.165) is 0 Å². The Morgan fingerprint density at radius 3 is 2.76 bits per heavy atom. The highest BCUT2D eigenvalue weighted by atomic mass is 35.5. The number of nitrogens with one attached hydrogen (secondary N) is 2. The number of hydrogen-bond donors (Lipinski definition) is 2. The van der Waals surface area contributed by atoms with Gasteiger partial charge in [0, 0.05) is 5.02 Å². The molecule has 0 aliphatic heterocycles. The lowest BCUT2D eigenvalue weighted by atomic mass is 10.0. The van der Waals surface area contributed by atoms with Gasteiger partial charge in [0.05, 0.1) is 10.6 Å². The molecule has 1 amide bonds. The third-order valence-electron chi connectivity index (χ3n) is 3.46. The molecule has 0 spiro atoms. The van der Waals surface area contributed by atoms with E-state index in [1.54, 1.807) is 12.1 Å². The van der Waals surface area contributed by atoms with Gasteiger partial charge in [0.25, 0.3) is 5.91 Å². The van der Waals surface area contributed by atoms with Crippen molar-refractivity contribution >= 4 is 29.1 Å². The maximum absolute atomic E-state index is 12.5. The third kappa shape index (κ3) is 3.80. The van der Waals surface area contributed by atoms with E-state index in [2.05, 4.69) is 30.6 Å². The SMILES string of the molecule is CC(C)[C@H](NC(=O)c1ccc(Cl)cc1Cl)c1nc(-c2ncn[nH]2)no1. The lowest BCUT2D eigenvalue weighted by Crippen LogP contribution is -2.32. The van der Waals surface area contributed by atoms with Crippen LogP contribution in [0.3, 0.4) is 0 Å². The summed E-state index contributed by atoms with van der Waals surface area (Å²) in [5, 5.41) is 13.8. The van der Waals surface area contributed by atoms with Crippen LogP contribution in [0, 0.1) is 5.92 Å². The number of carbonyl (C=O) groups is 1. The van der Waals surface area contributed by atoms with Crippen LogP contribution in [-0.4, -0.2) is 31.2 Å². The van der Waals surface area contributed by atoms with Crippen molar-refractivity contribution in [2.24, 2.45) is 5.92 Å². The van der Waals surface area contributed by atoms with Crippen LogP contribution < -0.4 is 5.32 Å². The number of aromatic nitrogens is 5. The minimum Gasteiger partial charge on any atom is -0.340 e. The van der Waals surface area contributed by atoms with E-state index in [4.69, 9.17) is 27.7 Å². The van der Waals surface area contributed by atoms with Gasteiger partial charge in [0.2, 0.25) is 11.7 Å². The van der Waals surface area contributed by atoms with Crippen LogP contribution in [0.25, 0.3) is 11.6 Å². The first kappa shape index (κ1) is 17.4. The second kappa shape index (κ2) is 7.20. The number of benzene rings is 1. The molecule has 130 valence electrons. The number of nitrogens with zero attached hydrogens (tertiary/aromatic N) is 4. The molecule has 0 unspecified atom stereocenters. The highest BCUT2D eigenvalue weighted by Gasteiger charge is 2.26. The van der Waals surface area contributed by atoms with Crippen molar-refractivity contribution in [1.29, 1.82) is 0 Å². The van der Waals surface area contributed by atoms with E-state index in [1.807, 2.05) is 13.8 Å². The Labute approximate surface area is 152 Å². The molecule has 0 aliphatic carbocycles. The van der Waals surface area contributed by atoms with Crippen molar-refractivity contribution in [1.82, 2.24) is 30.6 Å². The molecule has 10 heteroatoms. The molecule has 25 heavy (non-hydrogen) atoms. The van der Waals surface area contributed by atoms with E-state index in [9.17, 15) is 4.79 Å². The first-order valence-corrected chi connectivity index (χ1v) is 8.16. The monoisotopic (exact) mass is 380 g/mol. The van der Waals surface area contributed by atoms with Gasteiger partial charge in [-0.05, 0) is 24.1 Å². The van der Waals surface area contributed by atoms with Gasteiger partial charge in [-0.25, -0.2) is 4.98 Å². The Hall–Kier alpha value is -2.45. The fourth-order valence-electron chi connectivity index (χ4n) is 2.18. The zero-order valence-corrected chi connectivity index (χ0v) is 14.8. The fourth-order valence-corrected chi connectivity index (χ4v) is 2.67. The lowest BCUT2D eigenvalue weighted by Gasteiger charge is -2.18. The molecule has 2 heterocycles. The van der Waals surface area contributed by atoms with Crippen LogP contribution in [0.5, 0.6) is 0 Å². The van der Waals surface area contributed by atoms with E-state index in [1.165, 1.54) is 12.4 Å². The van der Waals surface area contributed by atoms with Crippen molar-refractivity contribution in [2.45, 2.75) is 19.9 Å². The molecule has 2 N–H and O–H groups in total. The quantitative estimate of drug-likeness (QED) is 0.702. The van der Waals surface area contributed by atoms with Crippen LogP contribution in [0.2, 0.25) is 10.0 Å². The van der Waals surface area contributed by atoms with Crippen molar-refractivity contribution in [3.05, 3.63) is 46.0 Å². The maximum atomic E-state index is 12.5. The molecular weight excluding hydrogens is 367 g/mol. The summed E-state index contributed by atoms with van der Waals surface area (Å²) in [5.41, 5.74) is 0.312.